The normalized spacial score (nSPS) is 22.9. The van der Waals surface area contributed by atoms with Crippen LogP contribution in [0.15, 0.2) is 12.3 Å². The summed E-state index contributed by atoms with van der Waals surface area (Å²) in [7, 11) is 1.91. The Morgan fingerprint density at radius 3 is 2.67 bits per heavy atom. The van der Waals surface area contributed by atoms with E-state index in [1.807, 2.05) is 26.2 Å². The number of fused-ring (bicyclic) bond motifs is 1. The number of piperidine rings is 1. The van der Waals surface area contributed by atoms with Crippen LogP contribution in [0, 0.1) is 5.92 Å². The lowest BCUT2D eigenvalue weighted by Crippen LogP contribution is -2.33. The minimum absolute atomic E-state index is 0.231. The van der Waals surface area contributed by atoms with E-state index in [1.165, 1.54) is 32.4 Å². The van der Waals surface area contributed by atoms with E-state index >= 15 is 0 Å². The van der Waals surface area contributed by atoms with Crippen molar-refractivity contribution in [3.05, 3.63) is 12.3 Å². The number of hydrogen-bond acceptors (Lipinski definition) is 6. The van der Waals surface area contributed by atoms with Gasteiger partial charge in [-0.05, 0) is 51.6 Å². The second-order valence-electron chi connectivity index (χ2n) is 8.64. The van der Waals surface area contributed by atoms with Crippen LogP contribution in [-0.4, -0.2) is 58.5 Å². The monoisotopic (exact) mass is 413 g/mol. The van der Waals surface area contributed by atoms with Crippen LogP contribution in [0.25, 0.3) is 11.0 Å². The average molecular weight is 414 g/mol. The summed E-state index contributed by atoms with van der Waals surface area (Å²) in [5.41, 5.74) is 1.95. The molecule has 2 aromatic rings. The fourth-order valence-electron chi connectivity index (χ4n) is 5.01. The largest absolute Gasteiger partial charge is 0.476 e. The number of carbonyl (C=O) groups excluding carboxylic acids is 1. The Morgan fingerprint density at radius 2 is 1.97 bits per heavy atom. The fourth-order valence-corrected chi connectivity index (χ4v) is 5.01. The molecule has 1 aliphatic heterocycles. The smallest absolute Gasteiger partial charge is 0.215 e. The topological polar surface area (TPSA) is 72.3 Å². The van der Waals surface area contributed by atoms with Crippen molar-refractivity contribution in [3.63, 3.8) is 0 Å². The van der Waals surface area contributed by atoms with Gasteiger partial charge in [-0.2, -0.15) is 0 Å². The molecule has 0 aromatic carbocycles. The van der Waals surface area contributed by atoms with E-state index in [1.54, 1.807) is 0 Å². The summed E-state index contributed by atoms with van der Waals surface area (Å²) in [6, 6.07) is 2.38. The number of Topliss-reactive ketones (excluding diaryl/α,β-unsaturated/α-hetero) is 1. The summed E-state index contributed by atoms with van der Waals surface area (Å²) in [6.07, 6.45) is 10.3. The predicted octanol–water partition coefficient (Wildman–Crippen LogP) is 4.05. The van der Waals surface area contributed by atoms with Crippen LogP contribution < -0.4 is 10.1 Å². The summed E-state index contributed by atoms with van der Waals surface area (Å²) in [5.74, 6) is 2.17. The molecule has 7 heteroatoms. The van der Waals surface area contributed by atoms with E-state index in [9.17, 15) is 4.79 Å². The molecule has 164 valence electrons. The number of pyridine rings is 1. The molecule has 3 heterocycles. The summed E-state index contributed by atoms with van der Waals surface area (Å²) in [5, 5.41) is 3.24. The van der Waals surface area contributed by atoms with E-state index in [0.29, 0.717) is 30.7 Å². The number of ether oxygens (including phenoxy) is 1. The van der Waals surface area contributed by atoms with Crippen LogP contribution in [0.4, 0.5) is 5.95 Å². The number of anilines is 1. The van der Waals surface area contributed by atoms with Crippen LogP contribution in [0.2, 0.25) is 0 Å². The highest BCUT2D eigenvalue weighted by molar-refractivity contribution is 5.81. The fraction of sp³-hybridized carbons (Fsp3) is 0.696. The molecule has 30 heavy (non-hydrogen) atoms. The summed E-state index contributed by atoms with van der Waals surface area (Å²) >= 11 is 0. The minimum Gasteiger partial charge on any atom is -0.476 e. The van der Waals surface area contributed by atoms with Crippen molar-refractivity contribution in [3.8, 4) is 5.88 Å². The number of ketones is 1. The molecular weight excluding hydrogens is 378 g/mol. The van der Waals surface area contributed by atoms with Gasteiger partial charge >= 0.3 is 0 Å². The molecule has 2 aromatic heterocycles. The number of carbonyl (C=O) groups is 1. The van der Waals surface area contributed by atoms with E-state index < -0.39 is 0 Å². The second-order valence-corrected chi connectivity index (χ2v) is 8.64. The van der Waals surface area contributed by atoms with E-state index in [2.05, 4.69) is 19.8 Å². The molecule has 0 spiro atoms. The molecule has 4 rings (SSSR count). The molecule has 0 atom stereocenters. The van der Waals surface area contributed by atoms with Crippen molar-refractivity contribution >= 4 is 22.8 Å². The lowest BCUT2D eigenvalue weighted by molar-refractivity contribution is -0.123. The number of nitrogens with one attached hydrogen (secondary N) is 1. The van der Waals surface area contributed by atoms with Crippen molar-refractivity contribution in [2.24, 2.45) is 5.92 Å². The lowest BCUT2D eigenvalue weighted by Gasteiger charge is -2.29. The average Bonchev–Trinajstić information content (AvgIpc) is 3.17. The van der Waals surface area contributed by atoms with Crippen LogP contribution >= 0.6 is 0 Å². The van der Waals surface area contributed by atoms with Crippen molar-refractivity contribution in [1.29, 1.82) is 0 Å². The molecule has 1 N–H and O–H groups in total. The third-order valence-electron chi connectivity index (χ3n) is 6.75. The Balaban J connectivity index is 1.46. The van der Waals surface area contributed by atoms with Crippen LogP contribution in [0.1, 0.15) is 64.3 Å². The number of hydrogen-bond donors (Lipinski definition) is 1. The first-order valence-corrected chi connectivity index (χ1v) is 11.6. The number of likely N-dealkylation sites (tertiary alicyclic amines) is 1. The van der Waals surface area contributed by atoms with Gasteiger partial charge in [0.25, 0.3) is 0 Å². The first-order chi connectivity index (χ1) is 14.7. The Morgan fingerprint density at radius 1 is 1.20 bits per heavy atom. The summed E-state index contributed by atoms with van der Waals surface area (Å²) in [4.78, 5) is 23.8. The van der Waals surface area contributed by atoms with Gasteiger partial charge in [-0.25, -0.2) is 9.97 Å². The molecule has 0 unspecified atom stereocenters. The summed E-state index contributed by atoms with van der Waals surface area (Å²) < 4.78 is 8.30. The maximum atomic E-state index is 12.1. The van der Waals surface area contributed by atoms with Crippen LogP contribution in [-0.2, 0) is 4.79 Å². The highest BCUT2D eigenvalue weighted by Gasteiger charge is 2.28. The van der Waals surface area contributed by atoms with Gasteiger partial charge in [-0.15, -0.1) is 0 Å². The lowest BCUT2D eigenvalue weighted by atomic mass is 9.82. The number of nitrogens with zero attached hydrogens (tertiary/aromatic N) is 4. The molecule has 1 aliphatic carbocycles. The highest BCUT2D eigenvalue weighted by Crippen LogP contribution is 2.37. The third kappa shape index (κ3) is 4.61. The first-order valence-electron chi connectivity index (χ1n) is 11.6. The van der Waals surface area contributed by atoms with E-state index in [0.717, 1.165) is 49.2 Å². The zero-order valence-corrected chi connectivity index (χ0v) is 18.4. The van der Waals surface area contributed by atoms with Crippen LogP contribution in [0.5, 0.6) is 5.88 Å². The zero-order chi connectivity index (χ0) is 20.9. The molecule has 2 aliphatic rings. The number of imidazole rings is 1. The van der Waals surface area contributed by atoms with Gasteiger partial charge in [0.15, 0.2) is 0 Å². The van der Waals surface area contributed by atoms with Crippen molar-refractivity contribution < 1.29 is 9.53 Å². The van der Waals surface area contributed by atoms with Gasteiger partial charge in [-0.1, -0.05) is 13.3 Å². The third-order valence-corrected chi connectivity index (χ3v) is 6.75. The van der Waals surface area contributed by atoms with Gasteiger partial charge < -0.3 is 14.6 Å². The van der Waals surface area contributed by atoms with Crippen molar-refractivity contribution in [1.82, 2.24) is 19.4 Å². The van der Waals surface area contributed by atoms with Gasteiger partial charge in [-0.3, -0.25) is 9.69 Å². The van der Waals surface area contributed by atoms with Gasteiger partial charge in [0, 0.05) is 38.0 Å². The van der Waals surface area contributed by atoms with E-state index in [4.69, 9.17) is 9.72 Å². The molecular formula is C23H35N5O2. The minimum atomic E-state index is 0.231. The Kier molecular flexibility index (Phi) is 6.87. The van der Waals surface area contributed by atoms with Crippen LogP contribution in [0.3, 0.4) is 0 Å². The predicted molar refractivity (Wildman–Crippen MR) is 119 cm³/mol. The molecule has 2 fully saturated rings. The first kappa shape index (κ1) is 21.1. The maximum absolute atomic E-state index is 12.1. The highest BCUT2D eigenvalue weighted by atomic mass is 16.5. The Bertz CT molecular complexity index is 851. The standard InChI is InChI=1S/C23H35N5O2/c1-3-21(29)17-7-9-18(10-8-17)28-20-15-22(25-16-19(20)26-23(28)24-2)30-14-13-27-11-5-4-6-12-27/h15-18H,3-14H2,1-2H3,(H,24,26). The van der Waals surface area contributed by atoms with E-state index in [-0.39, 0.29) is 5.92 Å². The van der Waals surface area contributed by atoms with Gasteiger partial charge in [0.2, 0.25) is 11.8 Å². The maximum Gasteiger partial charge on any atom is 0.215 e. The summed E-state index contributed by atoms with van der Waals surface area (Å²) in [6.45, 7) is 5.94. The molecule has 0 bridgehead atoms. The Hall–Kier alpha value is -2.15. The quantitative estimate of drug-likeness (QED) is 0.704. The zero-order valence-electron chi connectivity index (χ0n) is 18.4. The Labute approximate surface area is 179 Å². The SMILES string of the molecule is CCC(=O)C1CCC(n2c(NC)nc3cnc(OCCN4CCCCC4)cc32)CC1. The van der Waals surface area contributed by atoms with Crippen molar-refractivity contribution in [2.45, 2.75) is 64.3 Å². The number of rotatable bonds is 8. The molecule has 0 amide bonds. The van der Waals surface area contributed by atoms with Crippen molar-refractivity contribution in [2.75, 3.05) is 38.6 Å². The molecule has 1 saturated heterocycles. The molecule has 7 nitrogen and oxygen atoms in total. The molecule has 0 radical (unpaired) electrons. The second kappa shape index (κ2) is 9.77. The van der Waals surface area contributed by atoms with Gasteiger partial charge in [0.05, 0.1) is 11.7 Å². The number of aromatic nitrogens is 3. The van der Waals surface area contributed by atoms with Gasteiger partial charge in [0.1, 0.15) is 17.9 Å². The molecule has 1 saturated carbocycles.